The van der Waals surface area contributed by atoms with Crippen LogP contribution in [-0.2, 0) is 4.79 Å². The van der Waals surface area contributed by atoms with Gasteiger partial charge < -0.3 is 14.0 Å². The van der Waals surface area contributed by atoms with Gasteiger partial charge in [-0.3, -0.25) is 10.2 Å². The molecular formula is C21H21N5O3S2. The summed E-state index contributed by atoms with van der Waals surface area (Å²) in [5, 5.41) is 14.7. The van der Waals surface area contributed by atoms with Crippen molar-refractivity contribution in [2.75, 3.05) is 20.5 Å². The van der Waals surface area contributed by atoms with Gasteiger partial charge in [0.05, 0.1) is 25.5 Å². The van der Waals surface area contributed by atoms with Crippen LogP contribution in [0.25, 0.3) is 11.8 Å². The highest BCUT2D eigenvalue weighted by atomic mass is 32.2. The summed E-state index contributed by atoms with van der Waals surface area (Å²) in [5.41, 5.74) is 3.76. The van der Waals surface area contributed by atoms with Crippen molar-refractivity contribution >= 4 is 50.9 Å². The van der Waals surface area contributed by atoms with Crippen molar-refractivity contribution in [3.05, 3.63) is 46.8 Å². The fourth-order valence-corrected chi connectivity index (χ4v) is 4.83. The number of ether oxygens (including phenoxy) is 2. The number of rotatable bonds is 4. The number of fused-ring (bicyclic) bond motifs is 1. The van der Waals surface area contributed by atoms with Gasteiger partial charge >= 0.3 is 0 Å². The summed E-state index contributed by atoms with van der Waals surface area (Å²) in [5.74, 6) is 0.963. The molecule has 4 rings (SSSR count). The molecule has 0 unspecified atom stereocenters. The molecule has 0 atom stereocenters. The first-order chi connectivity index (χ1) is 14.9. The molecule has 1 N–H and O–H groups in total. The molecule has 2 aliphatic rings. The van der Waals surface area contributed by atoms with E-state index >= 15 is 0 Å². The van der Waals surface area contributed by atoms with Crippen molar-refractivity contribution in [3.63, 3.8) is 0 Å². The third kappa shape index (κ3) is 3.66. The molecule has 0 aliphatic carbocycles. The van der Waals surface area contributed by atoms with Crippen LogP contribution in [0.5, 0.6) is 11.5 Å². The molecule has 0 spiro atoms. The maximum absolute atomic E-state index is 12.7. The number of aliphatic imine (C=N–C) groups is 1. The molecule has 1 aromatic carbocycles. The van der Waals surface area contributed by atoms with E-state index in [0.717, 1.165) is 27.0 Å². The van der Waals surface area contributed by atoms with Crippen LogP contribution in [0, 0.1) is 19.3 Å². The quantitative estimate of drug-likeness (QED) is 0.699. The molecule has 2 aromatic rings. The summed E-state index contributed by atoms with van der Waals surface area (Å²) in [7, 11) is 3.23. The summed E-state index contributed by atoms with van der Waals surface area (Å²) in [6, 6.07) is 7.60. The van der Waals surface area contributed by atoms with Gasteiger partial charge in [0.2, 0.25) is 5.17 Å². The number of hydrogen-bond acceptors (Lipinski definition) is 7. The minimum Gasteiger partial charge on any atom is -0.497 e. The number of aromatic nitrogens is 1. The minimum atomic E-state index is -0.437. The zero-order valence-electron chi connectivity index (χ0n) is 17.7. The largest absolute Gasteiger partial charge is 0.497 e. The normalized spacial score (nSPS) is 17.1. The number of carbonyl (C=O) groups excluding carboxylic acids is 1. The minimum absolute atomic E-state index is 0.0263. The molecule has 0 saturated carbocycles. The first kappa shape index (κ1) is 21.3. The van der Waals surface area contributed by atoms with E-state index in [1.54, 1.807) is 20.3 Å². The van der Waals surface area contributed by atoms with Crippen LogP contribution in [-0.4, -0.2) is 51.3 Å². The maximum atomic E-state index is 12.7. The molecule has 31 heavy (non-hydrogen) atoms. The Morgan fingerprint density at radius 1 is 1.19 bits per heavy atom. The smallest absolute Gasteiger partial charge is 0.283 e. The number of hydrogen-bond donors (Lipinski definition) is 1. The van der Waals surface area contributed by atoms with Crippen molar-refractivity contribution < 1.29 is 14.3 Å². The summed E-state index contributed by atoms with van der Waals surface area (Å²) in [6.07, 6.45) is 3.60. The van der Waals surface area contributed by atoms with Crippen molar-refractivity contribution in [1.82, 2.24) is 9.58 Å². The predicted octanol–water partition coefficient (Wildman–Crippen LogP) is 4.05. The Hall–Kier alpha value is -2.98. The molecule has 10 heteroatoms. The van der Waals surface area contributed by atoms with E-state index < -0.39 is 5.91 Å². The molecule has 3 heterocycles. The number of methoxy groups -OCH3 is 2. The number of hydrazone groups is 1. The Labute approximate surface area is 188 Å². The van der Waals surface area contributed by atoms with E-state index in [0.29, 0.717) is 16.7 Å². The highest BCUT2D eigenvalue weighted by molar-refractivity contribution is 8.45. The molecule has 1 aromatic heterocycles. The van der Waals surface area contributed by atoms with Gasteiger partial charge in [0.15, 0.2) is 10.2 Å². The average Bonchev–Trinajstić information content (AvgIpc) is 3.30. The van der Waals surface area contributed by atoms with E-state index in [-0.39, 0.29) is 11.4 Å². The molecule has 160 valence electrons. The molecule has 2 aliphatic heterocycles. The molecule has 0 radical (unpaired) electrons. The predicted molar refractivity (Wildman–Crippen MR) is 127 cm³/mol. The summed E-state index contributed by atoms with van der Waals surface area (Å²) < 4.78 is 13.7. The van der Waals surface area contributed by atoms with Gasteiger partial charge in [0.25, 0.3) is 5.91 Å². The zero-order valence-corrected chi connectivity index (χ0v) is 19.3. The number of benzene rings is 1. The fourth-order valence-electron chi connectivity index (χ4n) is 3.49. The standard InChI is InChI=1S/C21H21N5O3S2/c1-11-8-13(12(2)25(11)16-7-6-14(28-3)10-17(16)29-4)9-15-18(22)26-20(23-19(15)27)31-21(24-26)30-5/h6-10,22H,1-5H3/b15-9-,22-18?. The van der Waals surface area contributed by atoms with Crippen LogP contribution in [0.3, 0.4) is 0 Å². The summed E-state index contributed by atoms with van der Waals surface area (Å²) in [4.78, 5) is 16.8. The molecule has 0 bridgehead atoms. The lowest BCUT2D eigenvalue weighted by Crippen LogP contribution is -2.35. The van der Waals surface area contributed by atoms with Crippen LogP contribution in [0.15, 0.2) is 39.9 Å². The number of amidine groups is 2. The lowest BCUT2D eigenvalue weighted by Gasteiger charge is -2.20. The number of nitrogens with one attached hydrogen (secondary N) is 1. The summed E-state index contributed by atoms with van der Waals surface area (Å²) in [6.45, 7) is 3.94. The van der Waals surface area contributed by atoms with Crippen molar-refractivity contribution in [1.29, 1.82) is 5.41 Å². The first-order valence-electron chi connectivity index (χ1n) is 9.33. The van der Waals surface area contributed by atoms with Crippen LogP contribution >= 0.6 is 23.5 Å². The zero-order chi connectivity index (χ0) is 22.3. The van der Waals surface area contributed by atoms with Gasteiger partial charge in [-0.05, 0) is 61.7 Å². The number of aryl methyl sites for hydroxylation is 1. The molecule has 8 nitrogen and oxygen atoms in total. The topological polar surface area (TPSA) is 92.3 Å². The first-order valence-corrected chi connectivity index (χ1v) is 11.4. The van der Waals surface area contributed by atoms with E-state index in [2.05, 4.69) is 10.1 Å². The highest BCUT2D eigenvalue weighted by Gasteiger charge is 2.35. The monoisotopic (exact) mass is 455 g/mol. The van der Waals surface area contributed by atoms with Gasteiger partial charge in [-0.2, -0.15) is 10.0 Å². The maximum Gasteiger partial charge on any atom is 0.283 e. The second kappa shape index (κ2) is 8.27. The SMILES string of the molecule is COc1ccc(-n2c(C)cc(/C=C3/C(=N)N4N=C(SC)SC4=NC3=O)c2C)c(OC)c1. The van der Waals surface area contributed by atoms with Gasteiger partial charge in [0.1, 0.15) is 11.5 Å². The molecular weight excluding hydrogens is 434 g/mol. The van der Waals surface area contributed by atoms with Gasteiger partial charge in [-0.15, -0.1) is 16.9 Å². The van der Waals surface area contributed by atoms with Crippen LogP contribution in [0.1, 0.15) is 17.0 Å². The number of carbonyl (C=O) groups is 1. The Kier molecular flexibility index (Phi) is 5.67. The summed E-state index contributed by atoms with van der Waals surface area (Å²) >= 11 is 2.75. The van der Waals surface area contributed by atoms with Crippen molar-refractivity contribution in [2.24, 2.45) is 10.1 Å². The number of amides is 1. The van der Waals surface area contributed by atoms with Crippen LogP contribution < -0.4 is 9.47 Å². The van der Waals surface area contributed by atoms with E-state index in [9.17, 15) is 4.79 Å². The lowest BCUT2D eigenvalue weighted by molar-refractivity contribution is -0.114. The van der Waals surface area contributed by atoms with E-state index in [1.807, 2.05) is 48.9 Å². The van der Waals surface area contributed by atoms with Gasteiger partial charge in [0, 0.05) is 17.5 Å². The lowest BCUT2D eigenvalue weighted by atomic mass is 10.1. The van der Waals surface area contributed by atoms with Crippen molar-refractivity contribution in [2.45, 2.75) is 13.8 Å². The van der Waals surface area contributed by atoms with Crippen LogP contribution in [0.4, 0.5) is 0 Å². The number of thioether (sulfide) groups is 2. The number of nitrogens with zero attached hydrogens (tertiary/aromatic N) is 4. The Balaban J connectivity index is 1.77. The Bertz CT molecular complexity index is 1200. The van der Waals surface area contributed by atoms with E-state index in [1.165, 1.54) is 28.5 Å². The second-order valence-corrected chi connectivity index (χ2v) is 8.80. The molecule has 0 saturated heterocycles. The van der Waals surface area contributed by atoms with Gasteiger partial charge in [-0.25, -0.2) is 0 Å². The van der Waals surface area contributed by atoms with E-state index in [4.69, 9.17) is 14.9 Å². The molecule has 0 fully saturated rings. The second-order valence-electron chi connectivity index (χ2n) is 6.79. The third-order valence-electron chi connectivity index (χ3n) is 5.01. The average molecular weight is 456 g/mol. The van der Waals surface area contributed by atoms with Gasteiger partial charge in [-0.1, -0.05) is 0 Å². The van der Waals surface area contributed by atoms with Crippen molar-refractivity contribution in [3.8, 4) is 17.2 Å². The van der Waals surface area contributed by atoms with Crippen LogP contribution in [0.2, 0.25) is 0 Å². The molecule has 1 amide bonds. The fraction of sp³-hybridized carbons (Fsp3) is 0.238. The Morgan fingerprint density at radius 2 is 1.97 bits per heavy atom. The Morgan fingerprint density at radius 3 is 2.65 bits per heavy atom. The third-order valence-corrected chi connectivity index (χ3v) is 6.89. The highest BCUT2D eigenvalue weighted by Crippen LogP contribution is 2.34.